The molecule has 6 nitrogen and oxygen atoms in total. The Morgan fingerprint density at radius 3 is 2.77 bits per heavy atom. The first-order valence-corrected chi connectivity index (χ1v) is 9.61. The van der Waals surface area contributed by atoms with Crippen LogP contribution in [0.15, 0.2) is 30.6 Å². The van der Waals surface area contributed by atoms with Crippen LogP contribution in [0.2, 0.25) is 10.0 Å². The molecule has 1 aromatic carbocycles. The maximum absolute atomic E-state index is 12.8. The van der Waals surface area contributed by atoms with E-state index in [2.05, 4.69) is 15.3 Å². The lowest BCUT2D eigenvalue weighted by atomic mass is 10.2. The van der Waals surface area contributed by atoms with Crippen LogP contribution in [0, 0.1) is 0 Å². The van der Waals surface area contributed by atoms with Crippen molar-refractivity contribution in [2.45, 2.75) is 12.5 Å². The Bertz CT molecular complexity index is 803. The van der Waals surface area contributed by atoms with Crippen molar-refractivity contribution in [3.63, 3.8) is 0 Å². The van der Waals surface area contributed by atoms with Crippen LogP contribution in [0.5, 0.6) is 0 Å². The van der Waals surface area contributed by atoms with E-state index >= 15 is 0 Å². The lowest BCUT2D eigenvalue weighted by Gasteiger charge is -2.32. The van der Waals surface area contributed by atoms with Gasteiger partial charge in [0.25, 0.3) is 5.91 Å². The zero-order valence-corrected chi connectivity index (χ0v) is 15.9. The second-order valence-corrected chi connectivity index (χ2v) is 7.59. The molecule has 1 unspecified atom stereocenters. The minimum Gasteiger partial charge on any atom is -0.337 e. The Hall–Kier alpha value is -1.60. The highest BCUT2D eigenvalue weighted by molar-refractivity contribution is 6.35. The molecule has 2 aliphatic heterocycles. The van der Waals surface area contributed by atoms with Gasteiger partial charge < -0.3 is 10.2 Å². The van der Waals surface area contributed by atoms with E-state index in [1.54, 1.807) is 35.3 Å². The molecule has 0 aliphatic carbocycles. The Morgan fingerprint density at radius 1 is 1.19 bits per heavy atom. The summed E-state index contributed by atoms with van der Waals surface area (Å²) in [5.74, 6) is 0.0268. The molecule has 0 bridgehead atoms. The number of piperazine rings is 1. The number of amides is 1. The third kappa shape index (κ3) is 3.60. The van der Waals surface area contributed by atoms with Crippen LogP contribution in [-0.2, 0) is 0 Å². The number of rotatable bonds is 3. The number of aromatic nitrogens is 2. The van der Waals surface area contributed by atoms with Gasteiger partial charge in [-0.3, -0.25) is 9.69 Å². The molecule has 1 amide bonds. The van der Waals surface area contributed by atoms with Gasteiger partial charge in [0.05, 0.1) is 22.5 Å². The molecular formula is C18H21Cl2N5O. The average Bonchev–Trinajstić information content (AvgIpc) is 3.32. The first kappa shape index (κ1) is 17.8. The molecular weight excluding hydrogens is 373 g/mol. The van der Waals surface area contributed by atoms with Crippen LogP contribution in [-0.4, -0.2) is 70.8 Å². The van der Waals surface area contributed by atoms with E-state index in [1.807, 2.05) is 4.90 Å². The number of benzene rings is 1. The molecule has 26 heavy (non-hydrogen) atoms. The van der Waals surface area contributed by atoms with Gasteiger partial charge in [-0.1, -0.05) is 23.2 Å². The van der Waals surface area contributed by atoms with E-state index in [9.17, 15) is 4.79 Å². The van der Waals surface area contributed by atoms with Crippen LogP contribution in [0.3, 0.4) is 0 Å². The number of carbonyl (C=O) groups excluding carboxylic acids is 1. The maximum atomic E-state index is 12.8. The molecule has 0 saturated carbocycles. The van der Waals surface area contributed by atoms with Gasteiger partial charge in [0, 0.05) is 56.5 Å². The van der Waals surface area contributed by atoms with E-state index in [1.165, 1.54) is 0 Å². The summed E-state index contributed by atoms with van der Waals surface area (Å²) in [6.07, 6.45) is 4.36. The summed E-state index contributed by atoms with van der Waals surface area (Å²) in [6.45, 7) is 5.74. The fourth-order valence-corrected chi connectivity index (χ4v) is 4.18. The van der Waals surface area contributed by atoms with Gasteiger partial charge in [0.15, 0.2) is 0 Å². The fourth-order valence-electron chi connectivity index (χ4n) is 3.69. The second kappa shape index (κ2) is 7.56. The summed E-state index contributed by atoms with van der Waals surface area (Å²) in [7, 11) is 0. The Labute approximate surface area is 162 Å². The SMILES string of the molecule is O=C(c1cnn(-c2ccc(Cl)cc2Cl)c1)N1CCC(N2CCNCC2)C1. The maximum Gasteiger partial charge on any atom is 0.257 e. The van der Waals surface area contributed by atoms with Gasteiger partial charge in [-0.05, 0) is 24.6 Å². The van der Waals surface area contributed by atoms with Crippen LogP contribution in [0.25, 0.3) is 5.69 Å². The third-order valence-electron chi connectivity index (χ3n) is 5.10. The number of halogens is 2. The van der Waals surface area contributed by atoms with Crippen molar-refractivity contribution in [3.05, 3.63) is 46.2 Å². The molecule has 4 rings (SSSR count). The normalized spacial score (nSPS) is 21.3. The molecule has 3 heterocycles. The molecule has 8 heteroatoms. The van der Waals surface area contributed by atoms with Gasteiger partial charge in [-0.25, -0.2) is 4.68 Å². The third-order valence-corrected chi connectivity index (χ3v) is 5.64. The van der Waals surface area contributed by atoms with Crippen LogP contribution < -0.4 is 5.32 Å². The summed E-state index contributed by atoms with van der Waals surface area (Å²) in [5.41, 5.74) is 1.28. The standard InChI is InChI=1S/C18H21Cl2N5O/c19-14-1-2-17(16(20)9-14)25-11-13(10-22-25)18(26)24-6-3-15(12-24)23-7-4-21-5-8-23/h1-2,9-11,15,21H,3-8,12H2. The molecule has 1 N–H and O–H groups in total. The topological polar surface area (TPSA) is 53.4 Å². The second-order valence-electron chi connectivity index (χ2n) is 6.75. The molecule has 1 atom stereocenters. The van der Waals surface area contributed by atoms with Crippen molar-refractivity contribution in [1.29, 1.82) is 0 Å². The lowest BCUT2D eigenvalue weighted by Crippen LogP contribution is -2.49. The molecule has 2 fully saturated rings. The minimum absolute atomic E-state index is 0.0268. The number of likely N-dealkylation sites (tertiary alicyclic amines) is 1. The van der Waals surface area contributed by atoms with E-state index in [0.29, 0.717) is 27.3 Å². The summed E-state index contributed by atoms with van der Waals surface area (Å²) in [5, 5.41) is 8.74. The Morgan fingerprint density at radius 2 is 2.00 bits per heavy atom. The van der Waals surface area contributed by atoms with Crippen molar-refractivity contribution in [2.75, 3.05) is 39.3 Å². The number of nitrogens with zero attached hydrogens (tertiary/aromatic N) is 4. The van der Waals surface area contributed by atoms with E-state index in [4.69, 9.17) is 23.2 Å². The number of nitrogens with one attached hydrogen (secondary N) is 1. The zero-order valence-electron chi connectivity index (χ0n) is 14.4. The minimum atomic E-state index is 0.0268. The molecule has 2 aromatic rings. The van der Waals surface area contributed by atoms with Gasteiger partial charge >= 0.3 is 0 Å². The summed E-state index contributed by atoms with van der Waals surface area (Å²) in [6, 6.07) is 5.68. The summed E-state index contributed by atoms with van der Waals surface area (Å²) in [4.78, 5) is 17.3. The molecule has 0 radical (unpaired) electrons. The predicted molar refractivity (Wildman–Crippen MR) is 102 cm³/mol. The van der Waals surface area contributed by atoms with Crippen molar-refractivity contribution >= 4 is 29.1 Å². The number of hydrogen-bond donors (Lipinski definition) is 1. The summed E-state index contributed by atoms with van der Waals surface area (Å²) >= 11 is 12.2. The van der Waals surface area contributed by atoms with E-state index < -0.39 is 0 Å². The zero-order chi connectivity index (χ0) is 18.1. The number of hydrogen-bond acceptors (Lipinski definition) is 4. The predicted octanol–water partition coefficient (Wildman–Crippen LogP) is 2.30. The molecule has 0 spiro atoms. The van der Waals surface area contributed by atoms with Crippen molar-refractivity contribution in [2.24, 2.45) is 0 Å². The summed E-state index contributed by atoms with van der Waals surface area (Å²) < 4.78 is 1.62. The quantitative estimate of drug-likeness (QED) is 0.868. The smallest absolute Gasteiger partial charge is 0.257 e. The van der Waals surface area contributed by atoms with Gasteiger partial charge in [0.1, 0.15) is 0 Å². The Balaban J connectivity index is 1.45. The molecule has 138 valence electrons. The van der Waals surface area contributed by atoms with Crippen LogP contribution in [0.4, 0.5) is 0 Å². The molecule has 1 aromatic heterocycles. The molecule has 2 saturated heterocycles. The highest BCUT2D eigenvalue weighted by Gasteiger charge is 2.31. The number of carbonyl (C=O) groups is 1. The van der Waals surface area contributed by atoms with Gasteiger partial charge in [0.2, 0.25) is 0 Å². The average molecular weight is 394 g/mol. The highest BCUT2D eigenvalue weighted by atomic mass is 35.5. The monoisotopic (exact) mass is 393 g/mol. The Kier molecular flexibility index (Phi) is 5.18. The van der Waals surface area contributed by atoms with Crippen LogP contribution >= 0.6 is 23.2 Å². The van der Waals surface area contributed by atoms with Crippen LogP contribution in [0.1, 0.15) is 16.8 Å². The highest BCUT2D eigenvalue weighted by Crippen LogP contribution is 2.25. The first-order chi connectivity index (χ1) is 12.6. The largest absolute Gasteiger partial charge is 0.337 e. The van der Waals surface area contributed by atoms with Crippen molar-refractivity contribution in [3.8, 4) is 5.69 Å². The van der Waals surface area contributed by atoms with E-state index in [-0.39, 0.29) is 5.91 Å². The lowest BCUT2D eigenvalue weighted by molar-refractivity contribution is 0.0773. The first-order valence-electron chi connectivity index (χ1n) is 8.86. The fraction of sp³-hybridized carbons (Fsp3) is 0.444. The van der Waals surface area contributed by atoms with Gasteiger partial charge in [-0.2, -0.15) is 5.10 Å². The van der Waals surface area contributed by atoms with E-state index in [0.717, 1.165) is 45.7 Å². The van der Waals surface area contributed by atoms with Crippen molar-refractivity contribution < 1.29 is 4.79 Å². The van der Waals surface area contributed by atoms with Gasteiger partial charge in [-0.15, -0.1) is 0 Å². The molecule has 2 aliphatic rings. The van der Waals surface area contributed by atoms with Crippen molar-refractivity contribution in [1.82, 2.24) is 24.9 Å².